The van der Waals surface area contributed by atoms with Crippen molar-refractivity contribution < 1.29 is 22.9 Å². The Morgan fingerprint density at radius 3 is 2.38 bits per heavy atom. The molecule has 0 unspecified atom stereocenters. The highest BCUT2D eigenvalue weighted by atomic mass is 19.4. The summed E-state index contributed by atoms with van der Waals surface area (Å²) in [7, 11) is 0. The molecule has 2 aromatic rings. The van der Waals surface area contributed by atoms with E-state index in [1.54, 1.807) is 4.90 Å². The summed E-state index contributed by atoms with van der Waals surface area (Å²) in [5.41, 5.74) is -0.726. The monoisotopic (exact) mass is 336 g/mol. The molecule has 0 atom stereocenters. The molecule has 7 heteroatoms. The highest BCUT2D eigenvalue weighted by Crippen LogP contribution is 2.29. The third-order valence-corrected chi connectivity index (χ3v) is 4.04. The minimum atomic E-state index is -4.45. The molecular weight excluding hydrogens is 319 g/mol. The van der Waals surface area contributed by atoms with E-state index in [0.29, 0.717) is 26.2 Å². The number of hydrogen-bond donors (Lipinski definition) is 0. The highest BCUT2D eigenvalue weighted by Gasteiger charge is 2.32. The Balaban J connectivity index is 1.67. The average Bonchev–Trinajstić information content (AvgIpc) is 2.61. The van der Waals surface area contributed by atoms with Gasteiger partial charge in [-0.25, -0.2) is 4.98 Å². The lowest BCUT2D eigenvalue weighted by Gasteiger charge is -2.31. The predicted molar refractivity (Wildman–Crippen MR) is 82.6 cm³/mol. The van der Waals surface area contributed by atoms with Crippen LogP contribution in [-0.4, -0.2) is 37.0 Å². The Kier molecular flexibility index (Phi) is 4.42. The summed E-state index contributed by atoms with van der Waals surface area (Å²) < 4.78 is 38.3. The zero-order chi connectivity index (χ0) is 17.2. The molecule has 1 fully saturated rings. The molecule has 1 aromatic heterocycles. The molecule has 126 valence electrons. The number of amides is 1. The number of aromatic nitrogens is 1. The average molecular weight is 336 g/mol. The van der Waals surface area contributed by atoms with E-state index in [9.17, 15) is 18.0 Å². The molecule has 0 radical (unpaired) electrons. The van der Waals surface area contributed by atoms with Crippen molar-refractivity contribution in [3.63, 3.8) is 0 Å². The number of H-pyrrole nitrogens is 1. The Morgan fingerprint density at radius 1 is 1.00 bits per heavy atom. The van der Waals surface area contributed by atoms with Gasteiger partial charge in [-0.1, -0.05) is 12.1 Å². The van der Waals surface area contributed by atoms with Gasteiger partial charge in [0.1, 0.15) is 13.1 Å². The van der Waals surface area contributed by atoms with Crippen LogP contribution in [0.1, 0.15) is 15.9 Å². The maximum Gasteiger partial charge on any atom is 0.416 e. The molecule has 4 nitrogen and oxygen atoms in total. The van der Waals surface area contributed by atoms with E-state index in [4.69, 9.17) is 0 Å². The standard InChI is InChI=1S/C17H16F3N3O/c18-17(19,20)14-5-3-4-13(12-14)16(24)23-10-8-22(9-11-23)15-6-1-2-7-21-15/h1-7,12H,8-11H2/p+1. The molecule has 3 rings (SSSR count). The molecule has 1 amide bonds. The van der Waals surface area contributed by atoms with Gasteiger partial charge in [0.05, 0.1) is 24.8 Å². The van der Waals surface area contributed by atoms with E-state index in [1.807, 2.05) is 24.4 Å². The van der Waals surface area contributed by atoms with Crippen molar-refractivity contribution in [2.45, 2.75) is 6.18 Å². The first-order valence-electron chi connectivity index (χ1n) is 7.63. The SMILES string of the molecule is O=C(c1cccc(C(F)(F)F)c1)N1CCN(c2cccc[nH+]2)CC1. The number of rotatable bonds is 2. The first kappa shape index (κ1) is 16.3. The number of carbonyl (C=O) groups is 1. The second-order valence-corrected chi connectivity index (χ2v) is 5.61. The number of piperazine rings is 1. The number of carbonyl (C=O) groups excluding carboxylic acids is 1. The lowest BCUT2D eigenvalue weighted by atomic mass is 10.1. The van der Waals surface area contributed by atoms with E-state index in [1.165, 1.54) is 12.1 Å². The van der Waals surface area contributed by atoms with Crippen LogP contribution in [0, 0.1) is 0 Å². The molecule has 1 aromatic carbocycles. The van der Waals surface area contributed by atoms with Gasteiger partial charge in [-0.3, -0.25) is 9.69 Å². The van der Waals surface area contributed by atoms with Crippen LogP contribution < -0.4 is 9.88 Å². The number of anilines is 1. The van der Waals surface area contributed by atoms with Crippen molar-refractivity contribution >= 4 is 11.7 Å². The second kappa shape index (κ2) is 6.51. The van der Waals surface area contributed by atoms with Gasteiger partial charge in [0.25, 0.3) is 11.7 Å². The Labute approximate surface area is 137 Å². The number of alkyl halides is 3. The number of nitrogens with one attached hydrogen (secondary N) is 1. The fourth-order valence-electron chi connectivity index (χ4n) is 2.74. The molecule has 24 heavy (non-hydrogen) atoms. The van der Waals surface area contributed by atoms with Crippen LogP contribution >= 0.6 is 0 Å². The Hall–Kier alpha value is -2.57. The van der Waals surface area contributed by atoms with Crippen molar-refractivity contribution in [1.82, 2.24) is 4.90 Å². The minimum absolute atomic E-state index is 0.0737. The molecule has 1 N–H and O–H groups in total. The third kappa shape index (κ3) is 3.50. The van der Waals surface area contributed by atoms with E-state index < -0.39 is 11.7 Å². The zero-order valence-corrected chi connectivity index (χ0v) is 12.9. The van der Waals surface area contributed by atoms with Crippen LogP contribution in [0.25, 0.3) is 0 Å². The molecule has 0 bridgehead atoms. The summed E-state index contributed by atoms with van der Waals surface area (Å²) in [6.07, 6.45) is -2.62. The lowest BCUT2D eigenvalue weighted by molar-refractivity contribution is -0.364. The van der Waals surface area contributed by atoms with Crippen LogP contribution in [0.5, 0.6) is 0 Å². The molecule has 1 aliphatic rings. The number of pyridine rings is 1. The van der Waals surface area contributed by atoms with E-state index in [2.05, 4.69) is 9.88 Å². The molecule has 1 aliphatic heterocycles. The first-order valence-corrected chi connectivity index (χ1v) is 7.63. The summed E-state index contributed by atoms with van der Waals surface area (Å²) in [6.45, 7) is 2.20. The quantitative estimate of drug-likeness (QED) is 0.845. The molecule has 0 saturated carbocycles. The summed E-state index contributed by atoms with van der Waals surface area (Å²) in [6, 6.07) is 10.3. The number of benzene rings is 1. The van der Waals surface area contributed by atoms with Gasteiger partial charge < -0.3 is 4.90 Å². The predicted octanol–water partition coefficient (Wildman–Crippen LogP) is 2.48. The maximum absolute atomic E-state index is 12.8. The van der Waals surface area contributed by atoms with Gasteiger partial charge in [0.2, 0.25) is 0 Å². The number of nitrogens with zero attached hydrogens (tertiary/aromatic N) is 2. The molecule has 1 saturated heterocycles. The molecular formula is C17H17F3N3O+. The van der Waals surface area contributed by atoms with Crippen molar-refractivity contribution in [3.8, 4) is 0 Å². The van der Waals surface area contributed by atoms with Crippen LogP contribution in [0.2, 0.25) is 0 Å². The van der Waals surface area contributed by atoms with Crippen LogP contribution in [-0.2, 0) is 6.18 Å². The highest BCUT2D eigenvalue weighted by molar-refractivity contribution is 5.94. The van der Waals surface area contributed by atoms with E-state index in [0.717, 1.165) is 18.0 Å². The fraction of sp³-hybridized carbons (Fsp3) is 0.294. The molecule has 0 aliphatic carbocycles. The topological polar surface area (TPSA) is 37.7 Å². The second-order valence-electron chi connectivity index (χ2n) is 5.61. The Bertz CT molecular complexity index is 711. The largest absolute Gasteiger partial charge is 0.416 e. The van der Waals surface area contributed by atoms with Gasteiger partial charge in [-0.15, -0.1) is 0 Å². The van der Waals surface area contributed by atoms with Crippen LogP contribution in [0.4, 0.5) is 19.0 Å². The van der Waals surface area contributed by atoms with Crippen LogP contribution in [0.3, 0.4) is 0 Å². The fourth-order valence-corrected chi connectivity index (χ4v) is 2.74. The normalized spacial score (nSPS) is 15.5. The maximum atomic E-state index is 12.8. The zero-order valence-electron chi connectivity index (χ0n) is 12.9. The minimum Gasteiger partial charge on any atom is -0.331 e. The molecule has 2 heterocycles. The van der Waals surface area contributed by atoms with Crippen molar-refractivity contribution in [2.24, 2.45) is 0 Å². The summed E-state index contributed by atoms with van der Waals surface area (Å²) >= 11 is 0. The summed E-state index contributed by atoms with van der Waals surface area (Å²) in [5, 5.41) is 0. The number of hydrogen-bond acceptors (Lipinski definition) is 2. The van der Waals surface area contributed by atoms with Gasteiger partial charge in [-0.05, 0) is 24.3 Å². The van der Waals surface area contributed by atoms with Crippen molar-refractivity contribution in [2.75, 3.05) is 31.1 Å². The summed E-state index contributed by atoms with van der Waals surface area (Å²) in [5.74, 6) is 0.599. The van der Waals surface area contributed by atoms with Crippen molar-refractivity contribution in [3.05, 3.63) is 59.8 Å². The van der Waals surface area contributed by atoms with E-state index in [-0.39, 0.29) is 11.5 Å². The van der Waals surface area contributed by atoms with Crippen molar-refractivity contribution in [1.29, 1.82) is 0 Å². The molecule has 0 spiro atoms. The first-order chi connectivity index (χ1) is 11.4. The van der Waals surface area contributed by atoms with E-state index >= 15 is 0 Å². The Morgan fingerprint density at radius 2 is 1.75 bits per heavy atom. The third-order valence-electron chi connectivity index (χ3n) is 4.04. The number of aromatic amines is 1. The van der Waals surface area contributed by atoms with Gasteiger partial charge in [0.15, 0.2) is 0 Å². The summed E-state index contributed by atoms with van der Waals surface area (Å²) in [4.78, 5) is 19.3. The lowest BCUT2D eigenvalue weighted by Crippen LogP contribution is -2.50. The van der Waals surface area contributed by atoms with Crippen LogP contribution in [0.15, 0.2) is 48.7 Å². The van der Waals surface area contributed by atoms with Gasteiger partial charge >= 0.3 is 6.18 Å². The van der Waals surface area contributed by atoms with Gasteiger partial charge in [0, 0.05) is 11.6 Å². The van der Waals surface area contributed by atoms with Gasteiger partial charge in [-0.2, -0.15) is 13.2 Å². The smallest absolute Gasteiger partial charge is 0.331 e. The number of halogens is 3.